The highest BCUT2D eigenvalue weighted by Gasteiger charge is 2.49. The van der Waals surface area contributed by atoms with Gasteiger partial charge in [0.05, 0.1) is 4.90 Å². The van der Waals surface area contributed by atoms with E-state index < -0.39 is 50.4 Å². The Morgan fingerprint density at radius 3 is 2.19 bits per heavy atom. The molecule has 1 fully saturated rings. The molecule has 1 aliphatic heterocycles. The zero-order chi connectivity index (χ0) is 20.4. The summed E-state index contributed by atoms with van der Waals surface area (Å²) in [6.07, 6.45) is 0.762. The normalized spacial score (nSPS) is 16.6. The fraction of sp³-hybridized carbons (Fsp3) is 0.438. The molecule has 27 heavy (non-hydrogen) atoms. The van der Waals surface area contributed by atoms with Crippen LogP contribution in [0.15, 0.2) is 29.2 Å². The molecule has 2 N–H and O–H groups in total. The fourth-order valence-corrected chi connectivity index (χ4v) is 3.45. The van der Waals surface area contributed by atoms with E-state index in [0.29, 0.717) is 12.8 Å². The van der Waals surface area contributed by atoms with Crippen LogP contribution in [-0.4, -0.2) is 49.0 Å². The molecule has 0 aliphatic carbocycles. The highest BCUT2D eigenvalue weighted by atomic mass is 32.2. The quantitative estimate of drug-likeness (QED) is 0.674. The Labute approximate surface area is 154 Å². The predicted octanol–water partition coefficient (Wildman–Crippen LogP) is 1.73. The average molecular weight is 403 g/mol. The van der Waals surface area contributed by atoms with Gasteiger partial charge in [0.1, 0.15) is 12.1 Å². The number of anilines is 1. The van der Waals surface area contributed by atoms with Crippen LogP contribution >= 0.6 is 0 Å². The number of carbonyl (C=O) groups is 3. The second-order valence-corrected chi connectivity index (χ2v) is 7.91. The van der Waals surface area contributed by atoms with E-state index in [-0.39, 0.29) is 5.69 Å². The van der Waals surface area contributed by atoms with Gasteiger partial charge >= 0.3 is 11.8 Å². The number of rotatable bonds is 7. The number of urea groups is 1. The van der Waals surface area contributed by atoms with Crippen LogP contribution in [0.4, 0.5) is 19.3 Å². The fourth-order valence-electron chi connectivity index (χ4n) is 2.72. The molecule has 148 valence electrons. The van der Waals surface area contributed by atoms with Gasteiger partial charge in [-0.3, -0.25) is 14.5 Å². The van der Waals surface area contributed by atoms with Crippen LogP contribution in [0.2, 0.25) is 0 Å². The van der Waals surface area contributed by atoms with E-state index in [1.165, 1.54) is 0 Å². The number of carbonyl (C=O) groups excluding carboxylic acids is 3. The van der Waals surface area contributed by atoms with Gasteiger partial charge in [0.2, 0.25) is 15.7 Å². The minimum absolute atomic E-state index is 0.137. The largest absolute Gasteiger partial charge is 0.341 e. The lowest BCUT2D eigenvalue weighted by Crippen LogP contribution is -2.46. The van der Waals surface area contributed by atoms with Gasteiger partial charge in [-0.1, -0.05) is 13.8 Å². The minimum Gasteiger partial charge on any atom is -0.325 e. The van der Waals surface area contributed by atoms with Gasteiger partial charge in [0.25, 0.3) is 5.91 Å². The van der Waals surface area contributed by atoms with Crippen LogP contribution in [0.1, 0.15) is 26.7 Å². The molecule has 0 unspecified atom stereocenters. The van der Waals surface area contributed by atoms with Gasteiger partial charge in [-0.2, -0.15) is 8.78 Å². The van der Waals surface area contributed by atoms with Crippen molar-refractivity contribution >= 4 is 33.4 Å². The highest BCUT2D eigenvalue weighted by molar-refractivity contribution is 7.91. The van der Waals surface area contributed by atoms with Crippen LogP contribution in [0.25, 0.3) is 0 Å². The third-order valence-corrected chi connectivity index (χ3v) is 5.85. The van der Waals surface area contributed by atoms with Gasteiger partial charge in [-0.25, -0.2) is 13.2 Å². The van der Waals surface area contributed by atoms with Crippen molar-refractivity contribution in [1.29, 1.82) is 0 Å². The molecular formula is C16H19F2N3O5S. The number of nitrogens with zero attached hydrogens (tertiary/aromatic N) is 1. The monoisotopic (exact) mass is 403 g/mol. The number of hydrogen-bond acceptors (Lipinski definition) is 5. The zero-order valence-electron chi connectivity index (χ0n) is 14.7. The van der Waals surface area contributed by atoms with Crippen LogP contribution in [-0.2, 0) is 19.4 Å². The first-order valence-electron chi connectivity index (χ1n) is 8.13. The van der Waals surface area contributed by atoms with Crippen LogP contribution in [0, 0.1) is 0 Å². The summed E-state index contributed by atoms with van der Waals surface area (Å²) in [5.41, 5.74) is -0.889. The van der Waals surface area contributed by atoms with E-state index >= 15 is 0 Å². The molecule has 1 aromatic carbocycles. The van der Waals surface area contributed by atoms with Gasteiger partial charge in [-0.05, 0) is 37.1 Å². The number of amides is 4. The molecule has 0 atom stereocenters. The summed E-state index contributed by atoms with van der Waals surface area (Å²) in [4.78, 5) is 36.8. The average Bonchev–Trinajstić information content (AvgIpc) is 2.86. The molecule has 1 aromatic rings. The maximum absolute atomic E-state index is 12.5. The lowest BCUT2D eigenvalue weighted by atomic mass is 9.93. The first-order chi connectivity index (χ1) is 12.6. The number of hydrogen-bond donors (Lipinski definition) is 2. The molecule has 2 rings (SSSR count). The Kier molecular flexibility index (Phi) is 5.83. The maximum Gasteiger partial charge on any atom is 0.341 e. The third-order valence-electron chi connectivity index (χ3n) is 4.46. The van der Waals surface area contributed by atoms with Crippen molar-refractivity contribution in [3.63, 3.8) is 0 Å². The van der Waals surface area contributed by atoms with Gasteiger partial charge < -0.3 is 10.6 Å². The third kappa shape index (κ3) is 3.92. The Morgan fingerprint density at radius 2 is 1.74 bits per heavy atom. The molecule has 0 radical (unpaired) electrons. The molecule has 1 aliphatic rings. The Morgan fingerprint density at radius 1 is 1.19 bits per heavy atom. The number of benzene rings is 1. The van der Waals surface area contributed by atoms with Gasteiger partial charge in [-0.15, -0.1) is 0 Å². The molecule has 0 spiro atoms. The van der Waals surface area contributed by atoms with Crippen LogP contribution in [0.5, 0.6) is 0 Å². The van der Waals surface area contributed by atoms with E-state index in [9.17, 15) is 31.6 Å². The first-order valence-corrected chi connectivity index (χ1v) is 9.68. The maximum atomic E-state index is 12.5. The molecular weight excluding hydrogens is 384 g/mol. The van der Waals surface area contributed by atoms with Gasteiger partial charge in [0.15, 0.2) is 0 Å². The number of sulfone groups is 1. The van der Waals surface area contributed by atoms with Crippen molar-refractivity contribution in [2.24, 2.45) is 0 Å². The first kappa shape index (κ1) is 20.7. The van der Waals surface area contributed by atoms with Gasteiger partial charge in [0, 0.05) is 5.69 Å². The van der Waals surface area contributed by atoms with Crippen molar-refractivity contribution in [3.05, 3.63) is 24.3 Å². The number of halogens is 2. The van der Waals surface area contributed by atoms with Crippen molar-refractivity contribution in [2.45, 2.75) is 42.9 Å². The summed E-state index contributed by atoms with van der Waals surface area (Å²) in [5, 5.41) is 4.98. The summed E-state index contributed by atoms with van der Waals surface area (Å²) in [6, 6.07) is 3.48. The van der Waals surface area contributed by atoms with Crippen LogP contribution < -0.4 is 10.6 Å². The van der Waals surface area contributed by atoms with Crippen molar-refractivity contribution < 1.29 is 31.6 Å². The second kappa shape index (κ2) is 7.59. The second-order valence-electron chi connectivity index (χ2n) is 5.99. The van der Waals surface area contributed by atoms with E-state index in [1.807, 2.05) is 0 Å². The molecule has 4 amide bonds. The number of nitrogens with one attached hydrogen (secondary N) is 2. The molecule has 8 nitrogen and oxygen atoms in total. The summed E-state index contributed by atoms with van der Waals surface area (Å²) in [7, 11) is -4.73. The molecule has 0 aromatic heterocycles. The Hall–Kier alpha value is -2.56. The van der Waals surface area contributed by atoms with Crippen molar-refractivity contribution in [1.82, 2.24) is 10.2 Å². The van der Waals surface area contributed by atoms with E-state index in [4.69, 9.17) is 0 Å². The number of imide groups is 1. The SMILES string of the molecule is CCC1(CC)NC(=O)N(CC(=O)Nc2ccc(S(=O)(=O)C(F)F)cc2)C1=O. The molecule has 1 saturated heterocycles. The summed E-state index contributed by atoms with van der Waals surface area (Å²) < 4.78 is 47.7. The predicted molar refractivity (Wildman–Crippen MR) is 91.8 cm³/mol. The standard InChI is InChI=1S/C16H19F2N3O5S/c1-3-16(4-2)13(23)21(15(24)20-16)9-12(22)19-10-5-7-11(8-6-10)27(25,26)14(17)18/h5-8,14H,3-4,9H2,1-2H3,(H,19,22)(H,20,24). The zero-order valence-corrected chi connectivity index (χ0v) is 15.5. The summed E-state index contributed by atoms with van der Waals surface area (Å²) in [5.74, 6) is -4.73. The van der Waals surface area contributed by atoms with Crippen molar-refractivity contribution in [3.8, 4) is 0 Å². The van der Waals surface area contributed by atoms with Crippen LogP contribution in [0.3, 0.4) is 0 Å². The number of alkyl halides is 2. The molecule has 0 saturated carbocycles. The summed E-state index contributed by atoms with van der Waals surface area (Å²) in [6.45, 7) is 2.98. The van der Waals surface area contributed by atoms with E-state index in [2.05, 4.69) is 10.6 Å². The molecule has 1 heterocycles. The highest BCUT2D eigenvalue weighted by Crippen LogP contribution is 2.25. The minimum atomic E-state index is -4.73. The Balaban J connectivity index is 2.06. The van der Waals surface area contributed by atoms with E-state index in [1.54, 1.807) is 13.8 Å². The lowest BCUT2D eigenvalue weighted by molar-refractivity contribution is -0.134. The Bertz CT molecular complexity index is 851. The lowest BCUT2D eigenvalue weighted by Gasteiger charge is -2.23. The molecule has 0 bridgehead atoms. The van der Waals surface area contributed by atoms with Crippen molar-refractivity contribution in [2.75, 3.05) is 11.9 Å². The topological polar surface area (TPSA) is 113 Å². The molecule has 11 heteroatoms. The smallest absolute Gasteiger partial charge is 0.325 e. The van der Waals surface area contributed by atoms with E-state index in [0.717, 1.165) is 29.2 Å². The summed E-state index contributed by atoms with van der Waals surface area (Å²) >= 11 is 0.